The molecule has 0 amide bonds. The van der Waals surface area contributed by atoms with Crippen molar-refractivity contribution in [2.45, 2.75) is 61.8 Å². The number of hydrogen-bond acceptors (Lipinski definition) is 3. The van der Waals surface area contributed by atoms with Gasteiger partial charge in [-0.3, -0.25) is 0 Å². The average molecular weight is 430 g/mol. The highest BCUT2D eigenvalue weighted by Crippen LogP contribution is 2.13. The summed E-state index contributed by atoms with van der Waals surface area (Å²) in [4.78, 5) is 7.03. The Bertz CT molecular complexity index is 572. The smallest absolute Gasteiger partial charge is 0.0366 e. The van der Waals surface area contributed by atoms with Gasteiger partial charge in [0.15, 0.2) is 0 Å². The lowest BCUT2D eigenvalue weighted by Gasteiger charge is -2.23. The summed E-state index contributed by atoms with van der Waals surface area (Å²) in [7, 11) is 2.11. The largest absolute Gasteiger partial charge is 0.372 e. The van der Waals surface area contributed by atoms with Crippen LogP contribution in [0.15, 0.2) is 60.7 Å². The minimum Gasteiger partial charge on any atom is -0.372 e. The maximum absolute atomic E-state index is 2.44. The Kier molecular flexibility index (Phi) is 21.4. The van der Waals surface area contributed by atoms with Crippen molar-refractivity contribution in [2.24, 2.45) is 0 Å². The number of rotatable bonds is 10. The minimum absolute atomic E-state index is 0. The lowest BCUT2D eigenvalue weighted by atomic mass is 10.2. The standard InChI is InChI=1S/C12H19N.C10H15N.C5H13N.CH4/c1-3-10-13(11-4-2)12-8-6-5-7-9-12;1-3-11(4-2)10-8-6-5-7-9-10;1-4-6(3)5-2;/h5-9H,3-4,10-11H2,1-2H3;5-9H,3-4H2,1-2H3;4-5H2,1-3H3;1H4. The summed E-state index contributed by atoms with van der Waals surface area (Å²) in [6, 6.07) is 21.1. The minimum atomic E-state index is 0. The highest BCUT2D eigenvalue weighted by Gasteiger charge is 2.01. The van der Waals surface area contributed by atoms with Gasteiger partial charge in [-0.25, -0.2) is 0 Å². The van der Waals surface area contributed by atoms with E-state index in [9.17, 15) is 0 Å². The van der Waals surface area contributed by atoms with Crippen molar-refractivity contribution in [2.75, 3.05) is 56.1 Å². The van der Waals surface area contributed by atoms with E-state index in [1.165, 1.54) is 24.2 Å². The average Bonchev–Trinajstić information content (AvgIpc) is 2.81. The van der Waals surface area contributed by atoms with Gasteiger partial charge >= 0.3 is 0 Å². The third-order valence-electron chi connectivity index (χ3n) is 5.07. The summed E-state index contributed by atoms with van der Waals surface area (Å²) in [6.45, 7) is 19.9. The summed E-state index contributed by atoms with van der Waals surface area (Å²) in [5, 5.41) is 0. The molecule has 2 aromatic carbocycles. The molecule has 31 heavy (non-hydrogen) atoms. The van der Waals surface area contributed by atoms with Crippen LogP contribution in [0.3, 0.4) is 0 Å². The molecule has 0 bridgehead atoms. The molecule has 0 unspecified atom stereocenters. The first-order chi connectivity index (χ1) is 14.6. The van der Waals surface area contributed by atoms with Gasteiger partial charge < -0.3 is 14.7 Å². The van der Waals surface area contributed by atoms with Gasteiger partial charge in [0.2, 0.25) is 0 Å². The molecule has 2 rings (SSSR count). The molecule has 0 aliphatic rings. The van der Waals surface area contributed by atoms with E-state index in [-0.39, 0.29) is 7.43 Å². The van der Waals surface area contributed by atoms with E-state index >= 15 is 0 Å². The van der Waals surface area contributed by atoms with Crippen LogP contribution in [0.1, 0.15) is 61.8 Å². The normalized spacial score (nSPS) is 9.55. The first-order valence-corrected chi connectivity index (χ1v) is 11.9. The third kappa shape index (κ3) is 14.6. The lowest BCUT2D eigenvalue weighted by molar-refractivity contribution is 0.373. The zero-order valence-electron chi connectivity index (χ0n) is 20.8. The van der Waals surface area contributed by atoms with Crippen LogP contribution in [0.2, 0.25) is 0 Å². The molecule has 0 atom stereocenters. The van der Waals surface area contributed by atoms with Crippen molar-refractivity contribution >= 4 is 11.4 Å². The zero-order valence-corrected chi connectivity index (χ0v) is 20.8. The first-order valence-electron chi connectivity index (χ1n) is 11.9. The van der Waals surface area contributed by atoms with E-state index in [2.05, 4.69) is 118 Å². The fourth-order valence-electron chi connectivity index (χ4n) is 3.00. The van der Waals surface area contributed by atoms with Crippen LogP contribution >= 0.6 is 0 Å². The van der Waals surface area contributed by atoms with Crippen LogP contribution in [-0.4, -0.2) is 51.2 Å². The van der Waals surface area contributed by atoms with E-state index in [1.54, 1.807) is 0 Å². The molecule has 0 saturated carbocycles. The van der Waals surface area contributed by atoms with Crippen LogP contribution in [0, 0.1) is 0 Å². The number of para-hydroxylation sites is 2. The second-order valence-electron chi connectivity index (χ2n) is 7.32. The van der Waals surface area contributed by atoms with Gasteiger partial charge in [-0.05, 0) is 71.1 Å². The van der Waals surface area contributed by atoms with Crippen LogP contribution in [-0.2, 0) is 0 Å². The number of anilines is 2. The maximum atomic E-state index is 2.44. The predicted octanol–water partition coefficient (Wildman–Crippen LogP) is 7.44. The zero-order chi connectivity index (χ0) is 22.6. The fraction of sp³-hybridized carbons (Fsp3) is 0.571. The van der Waals surface area contributed by atoms with Crippen molar-refractivity contribution in [1.82, 2.24) is 4.90 Å². The van der Waals surface area contributed by atoms with Crippen LogP contribution < -0.4 is 9.80 Å². The summed E-state index contributed by atoms with van der Waals surface area (Å²) in [6.07, 6.45) is 2.43. The number of nitrogens with zero attached hydrogens (tertiary/aromatic N) is 3. The van der Waals surface area contributed by atoms with Gasteiger partial charge in [-0.2, -0.15) is 0 Å². The Balaban J connectivity index is 0. The SMILES string of the molecule is C.CCCN(CCC)c1ccccc1.CCN(C)CC.CCN(CC)c1ccccc1. The molecule has 0 heterocycles. The Hall–Kier alpha value is -2.00. The molecule has 0 spiro atoms. The summed E-state index contributed by atoms with van der Waals surface area (Å²) in [5.74, 6) is 0. The van der Waals surface area contributed by atoms with Crippen molar-refractivity contribution in [3.8, 4) is 0 Å². The van der Waals surface area contributed by atoms with E-state index < -0.39 is 0 Å². The quantitative estimate of drug-likeness (QED) is 0.388. The highest BCUT2D eigenvalue weighted by molar-refractivity contribution is 5.46. The molecular formula is C28H51N3. The van der Waals surface area contributed by atoms with E-state index in [4.69, 9.17) is 0 Å². The van der Waals surface area contributed by atoms with Gasteiger partial charge in [0.1, 0.15) is 0 Å². The Labute approximate surface area is 195 Å². The Morgan fingerprint density at radius 1 is 0.516 bits per heavy atom. The molecular weight excluding hydrogens is 378 g/mol. The molecule has 178 valence electrons. The first kappa shape index (κ1) is 31.2. The van der Waals surface area contributed by atoms with Crippen molar-refractivity contribution in [3.05, 3.63) is 60.7 Å². The molecule has 0 fully saturated rings. The van der Waals surface area contributed by atoms with E-state index in [0.717, 1.165) is 39.3 Å². The molecule has 0 saturated heterocycles. The van der Waals surface area contributed by atoms with E-state index in [0.29, 0.717) is 0 Å². The second-order valence-corrected chi connectivity index (χ2v) is 7.32. The maximum Gasteiger partial charge on any atom is 0.0366 e. The Morgan fingerprint density at radius 2 is 0.871 bits per heavy atom. The van der Waals surface area contributed by atoms with Gasteiger partial charge in [0, 0.05) is 37.6 Å². The summed E-state index contributed by atoms with van der Waals surface area (Å²) >= 11 is 0. The molecule has 3 nitrogen and oxygen atoms in total. The van der Waals surface area contributed by atoms with Gasteiger partial charge in [-0.15, -0.1) is 0 Å². The predicted molar refractivity (Wildman–Crippen MR) is 145 cm³/mol. The fourth-order valence-corrected chi connectivity index (χ4v) is 3.00. The third-order valence-corrected chi connectivity index (χ3v) is 5.07. The molecule has 3 heteroatoms. The lowest BCUT2D eigenvalue weighted by Crippen LogP contribution is -2.24. The second kappa shape index (κ2) is 21.2. The number of hydrogen-bond donors (Lipinski definition) is 0. The summed E-state index contributed by atoms with van der Waals surface area (Å²) < 4.78 is 0. The molecule has 0 aliphatic carbocycles. The van der Waals surface area contributed by atoms with Crippen LogP contribution in [0.25, 0.3) is 0 Å². The van der Waals surface area contributed by atoms with Crippen molar-refractivity contribution in [3.63, 3.8) is 0 Å². The van der Waals surface area contributed by atoms with Gasteiger partial charge in [0.25, 0.3) is 0 Å². The molecule has 0 N–H and O–H groups in total. The Morgan fingerprint density at radius 3 is 1.13 bits per heavy atom. The monoisotopic (exact) mass is 429 g/mol. The highest BCUT2D eigenvalue weighted by atomic mass is 15.1. The van der Waals surface area contributed by atoms with E-state index in [1.807, 2.05) is 6.07 Å². The topological polar surface area (TPSA) is 9.72 Å². The van der Waals surface area contributed by atoms with Crippen molar-refractivity contribution < 1.29 is 0 Å². The van der Waals surface area contributed by atoms with Crippen molar-refractivity contribution in [1.29, 1.82) is 0 Å². The summed E-state index contributed by atoms with van der Waals surface area (Å²) in [5.41, 5.74) is 2.67. The van der Waals surface area contributed by atoms with Gasteiger partial charge in [-0.1, -0.05) is 71.5 Å². The molecule has 0 aromatic heterocycles. The molecule has 0 radical (unpaired) electrons. The molecule has 2 aromatic rings. The number of benzene rings is 2. The van der Waals surface area contributed by atoms with Crippen LogP contribution in [0.5, 0.6) is 0 Å². The van der Waals surface area contributed by atoms with Gasteiger partial charge in [0.05, 0.1) is 0 Å². The van der Waals surface area contributed by atoms with Crippen LogP contribution in [0.4, 0.5) is 11.4 Å². The molecule has 0 aliphatic heterocycles.